The van der Waals surface area contributed by atoms with Crippen molar-refractivity contribution >= 4 is 29.5 Å². The number of nitrogens with zero attached hydrogens (tertiary/aromatic N) is 2. The molecule has 0 aliphatic rings. The number of thioether (sulfide) groups is 2. The Labute approximate surface area is 95.7 Å². The molecule has 0 aromatic carbocycles. The average molecular weight is 240 g/mol. The molecule has 0 aliphatic heterocycles. The number of aromatic carboxylic acids is 1. The zero-order chi connectivity index (χ0) is 11.4. The summed E-state index contributed by atoms with van der Waals surface area (Å²) in [6, 6.07) is 3.31. The van der Waals surface area contributed by atoms with Crippen LogP contribution in [0, 0.1) is 11.3 Å². The molecule has 0 radical (unpaired) electrons. The van der Waals surface area contributed by atoms with Crippen molar-refractivity contribution in [3.63, 3.8) is 0 Å². The predicted molar refractivity (Wildman–Crippen MR) is 59.5 cm³/mol. The maximum absolute atomic E-state index is 10.9. The van der Waals surface area contributed by atoms with E-state index in [1.165, 1.54) is 29.6 Å². The van der Waals surface area contributed by atoms with Gasteiger partial charge < -0.3 is 5.11 Å². The Bertz CT molecular complexity index is 440. The summed E-state index contributed by atoms with van der Waals surface area (Å²) in [7, 11) is 0. The molecule has 1 N–H and O–H groups in total. The molecule has 0 spiro atoms. The SMILES string of the molecule is CSc1nc(SC)c(C(=O)O)cc1C#N. The Hall–Kier alpha value is -1.19. The van der Waals surface area contributed by atoms with Gasteiger partial charge >= 0.3 is 5.97 Å². The molecule has 6 heteroatoms. The van der Waals surface area contributed by atoms with Crippen molar-refractivity contribution in [2.24, 2.45) is 0 Å². The monoisotopic (exact) mass is 240 g/mol. The molecule has 0 bridgehead atoms. The van der Waals surface area contributed by atoms with Crippen molar-refractivity contribution in [3.05, 3.63) is 17.2 Å². The molecule has 0 fully saturated rings. The second kappa shape index (κ2) is 5.05. The minimum Gasteiger partial charge on any atom is -0.478 e. The minimum atomic E-state index is -1.06. The van der Waals surface area contributed by atoms with Gasteiger partial charge in [0, 0.05) is 0 Å². The van der Waals surface area contributed by atoms with Crippen LogP contribution in [-0.2, 0) is 0 Å². The Balaban J connectivity index is 3.42. The quantitative estimate of drug-likeness (QED) is 0.815. The van der Waals surface area contributed by atoms with E-state index in [1.807, 2.05) is 6.07 Å². The minimum absolute atomic E-state index is 0.0804. The first-order chi connectivity index (χ1) is 7.13. The second-order valence-corrected chi connectivity index (χ2v) is 4.11. The molecule has 1 aromatic rings. The standard InChI is InChI=1S/C9H8N2O2S2/c1-14-7-5(4-10)3-6(9(12)13)8(11-7)15-2/h3H,1-2H3,(H,12,13). The van der Waals surface area contributed by atoms with Crippen LogP contribution < -0.4 is 0 Å². The van der Waals surface area contributed by atoms with Gasteiger partial charge in [-0.3, -0.25) is 0 Å². The van der Waals surface area contributed by atoms with Gasteiger partial charge in [-0.15, -0.1) is 23.5 Å². The molecular formula is C9H8N2O2S2. The summed E-state index contributed by atoms with van der Waals surface area (Å²) in [5, 5.41) is 18.7. The van der Waals surface area contributed by atoms with Crippen LogP contribution in [0.1, 0.15) is 15.9 Å². The van der Waals surface area contributed by atoms with Gasteiger partial charge in [-0.1, -0.05) is 0 Å². The van der Waals surface area contributed by atoms with Crippen LogP contribution in [0.3, 0.4) is 0 Å². The highest BCUT2D eigenvalue weighted by molar-refractivity contribution is 7.99. The van der Waals surface area contributed by atoms with E-state index in [-0.39, 0.29) is 5.56 Å². The Morgan fingerprint density at radius 3 is 2.47 bits per heavy atom. The fourth-order valence-corrected chi connectivity index (χ4v) is 2.14. The zero-order valence-corrected chi connectivity index (χ0v) is 9.78. The number of hydrogen-bond donors (Lipinski definition) is 1. The molecule has 0 unspecified atom stereocenters. The first-order valence-electron chi connectivity index (χ1n) is 3.90. The maximum Gasteiger partial charge on any atom is 0.338 e. The molecule has 15 heavy (non-hydrogen) atoms. The number of carboxylic acids is 1. The first kappa shape index (κ1) is 11.9. The van der Waals surface area contributed by atoms with Gasteiger partial charge in [0.15, 0.2) is 0 Å². The molecule has 0 atom stereocenters. The average Bonchev–Trinajstić information content (AvgIpc) is 2.26. The van der Waals surface area contributed by atoms with Crippen molar-refractivity contribution in [1.82, 2.24) is 4.98 Å². The molecule has 78 valence electrons. The second-order valence-electron chi connectivity index (χ2n) is 2.52. The van der Waals surface area contributed by atoms with Gasteiger partial charge in [-0.2, -0.15) is 5.26 Å². The highest BCUT2D eigenvalue weighted by Gasteiger charge is 2.15. The Kier molecular flexibility index (Phi) is 4.00. The summed E-state index contributed by atoms with van der Waals surface area (Å²) >= 11 is 2.59. The van der Waals surface area contributed by atoms with E-state index < -0.39 is 5.97 Å². The molecule has 0 saturated carbocycles. The highest BCUT2D eigenvalue weighted by atomic mass is 32.2. The Morgan fingerprint density at radius 1 is 1.47 bits per heavy atom. The third-order valence-corrected chi connectivity index (χ3v) is 3.09. The summed E-state index contributed by atoms with van der Waals surface area (Å²) in [5.74, 6) is -1.06. The highest BCUT2D eigenvalue weighted by Crippen LogP contribution is 2.25. The zero-order valence-electron chi connectivity index (χ0n) is 8.14. The van der Waals surface area contributed by atoms with Gasteiger partial charge in [-0.05, 0) is 18.6 Å². The van der Waals surface area contributed by atoms with Gasteiger partial charge in [0.05, 0.1) is 11.1 Å². The summed E-state index contributed by atoms with van der Waals surface area (Å²) in [5.41, 5.74) is 0.384. The lowest BCUT2D eigenvalue weighted by Gasteiger charge is -2.05. The number of nitriles is 1. The molecule has 1 heterocycles. The van der Waals surface area contributed by atoms with Crippen molar-refractivity contribution in [3.8, 4) is 6.07 Å². The summed E-state index contributed by atoms with van der Waals surface area (Å²) in [6.07, 6.45) is 3.55. The maximum atomic E-state index is 10.9. The van der Waals surface area contributed by atoms with Gasteiger partial charge in [0.25, 0.3) is 0 Å². The third kappa shape index (κ3) is 2.43. The van der Waals surface area contributed by atoms with E-state index >= 15 is 0 Å². The van der Waals surface area contributed by atoms with E-state index in [9.17, 15) is 4.79 Å². The molecular weight excluding hydrogens is 232 g/mol. The van der Waals surface area contributed by atoms with Crippen LogP contribution in [0.4, 0.5) is 0 Å². The Morgan fingerprint density at radius 2 is 2.07 bits per heavy atom. The van der Waals surface area contributed by atoms with Gasteiger partial charge in [-0.25, -0.2) is 9.78 Å². The van der Waals surface area contributed by atoms with E-state index in [4.69, 9.17) is 10.4 Å². The molecule has 0 saturated heterocycles. The fraction of sp³-hybridized carbons (Fsp3) is 0.222. The van der Waals surface area contributed by atoms with E-state index in [0.29, 0.717) is 15.6 Å². The van der Waals surface area contributed by atoms with Crippen molar-refractivity contribution in [1.29, 1.82) is 5.26 Å². The number of rotatable bonds is 3. The van der Waals surface area contributed by atoms with Crippen LogP contribution in [0.15, 0.2) is 16.1 Å². The van der Waals surface area contributed by atoms with Crippen LogP contribution in [0.5, 0.6) is 0 Å². The molecule has 1 aromatic heterocycles. The predicted octanol–water partition coefficient (Wildman–Crippen LogP) is 2.10. The van der Waals surface area contributed by atoms with Crippen LogP contribution in [-0.4, -0.2) is 28.6 Å². The lowest BCUT2D eigenvalue weighted by molar-refractivity contribution is 0.0692. The van der Waals surface area contributed by atoms with Gasteiger partial charge in [0.2, 0.25) is 0 Å². The van der Waals surface area contributed by atoms with Crippen molar-refractivity contribution in [2.45, 2.75) is 10.1 Å². The van der Waals surface area contributed by atoms with Crippen LogP contribution in [0.25, 0.3) is 0 Å². The number of hydrogen-bond acceptors (Lipinski definition) is 5. The van der Waals surface area contributed by atoms with Gasteiger partial charge in [0.1, 0.15) is 16.1 Å². The first-order valence-corrected chi connectivity index (χ1v) is 6.35. The van der Waals surface area contributed by atoms with E-state index in [2.05, 4.69) is 4.98 Å². The third-order valence-electron chi connectivity index (χ3n) is 1.69. The number of pyridine rings is 1. The number of aromatic nitrogens is 1. The van der Waals surface area contributed by atoms with Crippen molar-refractivity contribution in [2.75, 3.05) is 12.5 Å². The topological polar surface area (TPSA) is 74.0 Å². The molecule has 0 amide bonds. The molecule has 0 aliphatic carbocycles. The summed E-state index contributed by atoms with van der Waals surface area (Å²) in [6.45, 7) is 0. The van der Waals surface area contributed by atoms with Crippen LogP contribution >= 0.6 is 23.5 Å². The number of carbonyl (C=O) groups is 1. The summed E-state index contributed by atoms with van der Waals surface area (Å²) in [4.78, 5) is 15.0. The van der Waals surface area contributed by atoms with E-state index in [0.717, 1.165) is 0 Å². The largest absolute Gasteiger partial charge is 0.478 e. The van der Waals surface area contributed by atoms with E-state index in [1.54, 1.807) is 12.5 Å². The fourth-order valence-electron chi connectivity index (χ4n) is 1.03. The number of carboxylic acid groups (broad SMARTS) is 1. The van der Waals surface area contributed by atoms with Crippen LogP contribution in [0.2, 0.25) is 0 Å². The van der Waals surface area contributed by atoms with Crippen molar-refractivity contribution < 1.29 is 9.90 Å². The molecule has 1 rings (SSSR count). The summed E-state index contributed by atoms with van der Waals surface area (Å²) < 4.78 is 0. The lowest BCUT2D eigenvalue weighted by atomic mass is 10.2. The molecule has 4 nitrogen and oxygen atoms in total. The normalized spacial score (nSPS) is 9.67. The smallest absolute Gasteiger partial charge is 0.338 e. The lowest BCUT2D eigenvalue weighted by Crippen LogP contribution is -2.03.